The number of carbonyl (C=O) groups excluding carboxylic acids is 2. The number of ether oxygens (including phenoxy) is 1. The van der Waals surface area contributed by atoms with Gasteiger partial charge in [0.05, 0.1) is 13.1 Å². The summed E-state index contributed by atoms with van der Waals surface area (Å²) in [6.07, 6.45) is 1.93. The summed E-state index contributed by atoms with van der Waals surface area (Å²) >= 11 is 0. The molecule has 0 unspecified atom stereocenters. The van der Waals surface area contributed by atoms with Crippen LogP contribution in [0.5, 0.6) is 0 Å². The third-order valence-electron chi connectivity index (χ3n) is 4.01. The van der Waals surface area contributed by atoms with Gasteiger partial charge in [-0.15, -0.1) is 12.4 Å². The summed E-state index contributed by atoms with van der Waals surface area (Å²) in [6.45, 7) is 2.63. The first-order valence-corrected chi connectivity index (χ1v) is 8.05. The van der Waals surface area contributed by atoms with Crippen molar-refractivity contribution in [3.63, 3.8) is 0 Å². The number of nitrogens with zero attached hydrogens (tertiary/aromatic N) is 1. The minimum absolute atomic E-state index is 0. The maximum atomic E-state index is 12.5. The molecule has 2 rings (SSSR count). The molecule has 1 heterocycles. The fourth-order valence-electron chi connectivity index (χ4n) is 2.66. The van der Waals surface area contributed by atoms with Crippen LogP contribution in [-0.4, -0.2) is 49.6 Å². The lowest BCUT2D eigenvalue weighted by Crippen LogP contribution is -2.43. The molecule has 6 nitrogen and oxygen atoms in total. The van der Waals surface area contributed by atoms with Crippen LogP contribution >= 0.6 is 12.4 Å². The van der Waals surface area contributed by atoms with Gasteiger partial charge in [0, 0.05) is 26.3 Å². The highest BCUT2D eigenvalue weighted by Gasteiger charge is 2.21. The van der Waals surface area contributed by atoms with Gasteiger partial charge in [0.2, 0.25) is 11.8 Å². The number of amides is 2. The van der Waals surface area contributed by atoms with Crippen LogP contribution in [0.3, 0.4) is 0 Å². The van der Waals surface area contributed by atoms with E-state index in [9.17, 15) is 9.59 Å². The van der Waals surface area contributed by atoms with Crippen molar-refractivity contribution in [1.29, 1.82) is 0 Å². The lowest BCUT2D eigenvalue weighted by atomic mass is 9.99. The number of hydrogen-bond donors (Lipinski definition) is 2. The van der Waals surface area contributed by atoms with E-state index >= 15 is 0 Å². The average Bonchev–Trinajstić information content (AvgIpc) is 2.60. The topological polar surface area (TPSA) is 84.7 Å². The van der Waals surface area contributed by atoms with Gasteiger partial charge in [0.1, 0.15) is 0 Å². The molecular weight excluding hydrogens is 330 g/mol. The van der Waals surface area contributed by atoms with Gasteiger partial charge in [-0.25, -0.2) is 0 Å². The molecule has 0 bridgehead atoms. The van der Waals surface area contributed by atoms with E-state index in [1.165, 1.54) is 0 Å². The molecule has 134 valence electrons. The van der Waals surface area contributed by atoms with E-state index in [0.29, 0.717) is 19.0 Å². The van der Waals surface area contributed by atoms with Crippen LogP contribution in [-0.2, 0) is 20.9 Å². The Morgan fingerprint density at radius 3 is 2.50 bits per heavy atom. The van der Waals surface area contributed by atoms with Crippen LogP contribution in [0.4, 0.5) is 0 Å². The maximum Gasteiger partial charge on any atom is 0.242 e. The number of hydrogen-bond acceptors (Lipinski definition) is 4. The van der Waals surface area contributed by atoms with Crippen LogP contribution in [0.2, 0.25) is 0 Å². The second-order valence-electron chi connectivity index (χ2n) is 5.80. The Bertz CT molecular complexity index is 507. The zero-order chi connectivity index (χ0) is 16.5. The number of carbonyl (C=O) groups is 2. The van der Waals surface area contributed by atoms with E-state index in [2.05, 4.69) is 5.32 Å². The summed E-state index contributed by atoms with van der Waals surface area (Å²) in [5.41, 5.74) is 6.34. The highest BCUT2D eigenvalue weighted by molar-refractivity contribution is 5.85. The molecule has 1 aromatic carbocycles. The first-order chi connectivity index (χ1) is 11.2. The van der Waals surface area contributed by atoms with Gasteiger partial charge < -0.3 is 20.7 Å². The van der Waals surface area contributed by atoms with Crippen molar-refractivity contribution in [2.45, 2.75) is 19.4 Å². The standard InChI is InChI=1S/C17H25N3O3.ClH/c18-10-16(21)19-11-17(22)20(12-14-4-2-1-3-5-14)13-15-6-8-23-9-7-15;/h1-5,15H,6-13,18H2,(H,19,21);1H. The molecule has 1 fully saturated rings. The van der Waals surface area contributed by atoms with Crippen LogP contribution < -0.4 is 11.1 Å². The monoisotopic (exact) mass is 355 g/mol. The minimum Gasteiger partial charge on any atom is -0.381 e. The van der Waals surface area contributed by atoms with Crippen molar-refractivity contribution in [3.05, 3.63) is 35.9 Å². The molecule has 1 aliphatic rings. The molecule has 1 aromatic rings. The van der Waals surface area contributed by atoms with Gasteiger partial charge in [0.15, 0.2) is 0 Å². The van der Waals surface area contributed by atoms with Gasteiger partial charge in [-0.3, -0.25) is 9.59 Å². The Morgan fingerprint density at radius 2 is 1.88 bits per heavy atom. The third kappa shape index (κ3) is 6.86. The fraction of sp³-hybridized carbons (Fsp3) is 0.529. The highest BCUT2D eigenvalue weighted by Crippen LogP contribution is 2.17. The van der Waals surface area contributed by atoms with Gasteiger partial charge in [-0.1, -0.05) is 30.3 Å². The van der Waals surface area contributed by atoms with Crippen molar-refractivity contribution in [1.82, 2.24) is 10.2 Å². The summed E-state index contributed by atoms with van der Waals surface area (Å²) in [5, 5.41) is 2.56. The van der Waals surface area contributed by atoms with E-state index in [0.717, 1.165) is 31.6 Å². The van der Waals surface area contributed by atoms with E-state index < -0.39 is 0 Å². The Kier molecular flexibility index (Phi) is 9.37. The summed E-state index contributed by atoms with van der Waals surface area (Å²) in [6, 6.07) is 9.88. The zero-order valence-corrected chi connectivity index (χ0v) is 14.6. The SMILES string of the molecule is Cl.NCC(=O)NCC(=O)N(Cc1ccccc1)CC1CCOCC1. The van der Waals surface area contributed by atoms with Gasteiger partial charge >= 0.3 is 0 Å². The third-order valence-corrected chi connectivity index (χ3v) is 4.01. The number of nitrogens with one attached hydrogen (secondary N) is 1. The minimum atomic E-state index is -0.316. The second-order valence-corrected chi connectivity index (χ2v) is 5.80. The lowest BCUT2D eigenvalue weighted by molar-refractivity contribution is -0.134. The average molecular weight is 356 g/mol. The van der Waals surface area contributed by atoms with Gasteiger partial charge in [-0.05, 0) is 24.3 Å². The van der Waals surface area contributed by atoms with Crippen LogP contribution in [0.15, 0.2) is 30.3 Å². The Balaban J connectivity index is 0.00000288. The highest BCUT2D eigenvalue weighted by atomic mass is 35.5. The van der Waals surface area contributed by atoms with Crippen molar-refractivity contribution >= 4 is 24.2 Å². The number of rotatable bonds is 7. The van der Waals surface area contributed by atoms with Crippen molar-refractivity contribution < 1.29 is 14.3 Å². The smallest absolute Gasteiger partial charge is 0.242 e. The predicted molar refractivity (Wildman–Crippen MR) is 94.7 cm³/mol. The summed E-state index contributed by atoms with van der Waals surface area (Å²) in [4.78, 5) is 25.6. The molecule has 7 heteroatoms. The van der Waals surface area contributed by atoms with Crippen LogP contribution in [0.25, 0.3) is 0 Å². The molecule has 2 amide bonds. The van der Waals surface area contributed by atoms with Gasteiger partial charge in [-0.2, -0.15) is 0 Å². The summed E-state index contributed by atoms with van der Waals surface area (Å²) in [5.74, 6) is 0.0489. The Labute approximate surface area is 149 Å². The predicted octanol–water partition coefficient (Wildman–Crippen LogP) is 0.938. The summed E-state index contributed by atoms with van der Waals surface area (Å²) in [7, 11) is 0. The number of halogens is 1. The van der Waals surface area contributed by atoms with Crippen LogP contribution in [0, 0.1) is 5.92 Å². The molecular formula is C17H26ClN3O3. The normalized spacial score (nSPS) is 14.5. The van der Waals surface area contributed by atoms with E-state index in [4.69, 9.17) is 10.5 Å². The molecule has 0 radical (unpaired) electrons. The molecule has 0 aliphatic carbocycles. The first-order valence-electron chi connectivity index (χ1n) is 8.05. The number of nitrogens with two attached hydrogens (primary N) is 1. The van der Waals surface area contributed by atoms with Crippen molar-refractivity contribution in [2.24, 2.45) is 11.7 Å². The van der Waals surface area contributed by atoms with E-state index in [1.54, 1.807) is 0 Å². The molecule has 1 aliphatic heterocycles. The largest absolute Gasteiger partial charge is 0.381 e. The maximum absolute atomic E-state index is 12.5. The van der Waals surface area contributed by atoms with E-state index in [-0.39, 0.29) is 37.3 Å². The molecule has 24 heavy (non-hydrogen) atoms. The first kappa shape index (κ1) is 20.4. The molecule has 3 N–H and O–H groups in total. The van der Waals surface area contributed by atoms with Crippen molar-refractivity contribution in [2.75, 3.05) is 32.8 Å². The second kappa shape index (κ2) is 11.0. The molecule has 0 spiro atoms. The zero-order valence-electron chi connectivity index (χ0n) is 13.8. The Morgan fingerprint density at radius 1 is 1.21 bits per heavy atom. The number of benzene rings is 1. The van der Waals surface area contributed by atoms with Crippen molar-refractivity contribution in [3.8, 4) is 0 Å². The molecule has 0 aromatic heterocycles. The molecule has 1 saturated heterocycles. The van der Waals surface area contributed by atoms with Gasteiger partial charge in [0.25, 0.3) is 0 Å². The fourth-order valence-corrected chi connectivity index (χ4v) is 2.66. The quantitative estimate of drug-likeness (QED) is 0.762. The lowest BCUT2D eigenvalue weighted by Gasteiger charge is -2.30. The molecule has 0 saturated carbocycles. The van der Waals surface area contributed by atoms with Crippen LogP contribution in [0.1, 0.15) is 18.4 Å². The van der Waals surface area contributed by atoms with E-state index in [1.807, 2.05) is 35.2 Å². The Hall–Kier alpha value is -1.63. The molecule has 0 atom stereocenters. The summed E-state index contributed by atoms with van der Waals surface area (Å²) < 4.78 is 5.38.